The van der Waals surface area contributed by atoms with E-state index in [0.717, 1.165) is 6.26 Å². The lowest BCUT2D eigenvalue weighted by atomic mass is 10.1. The van der Waals surface area contributed by atoms with Gasteiger partial charge in [0.15, 0.2) is 15.6 Å². The maximum atomic E-state index is 12.1. The molecule has 5 heteroatoms. The van der Waals surface area contributed by atoms with Crippen molar-refractivity contribution in [3.63, 3.8) is 0 Å². The fourth-order valence-corrected chi connectivity index (χ4v) is 2.59. The second kappa shape index (κ2) is 6.58. The van der Waals surface area contributed by atoms with Gasteiger partial charge in [-0.15, -0.1) is 0 Å². The van der Waals surface area contributed by atoms with Gasteiger partial charge in [-0.3, -0.25) is 4.79 Å². The van der Waals surface area contributed by atoms with Gasteiger partial charge in [0.1, 0.15) is 5.75 Å². The molecule has 2 aromatic carbocycles. The first kappa shape index (κ1) is 16.0. The van der Waals surface area contributed by atoms with Crippen LogP contribution in [0.25, 0.3) is 6.08 Å². The Morgan fingerprint density at radius 3 is 2.36 bits per heavy atom. The SMILES string of the molecule is COc1ccc(S(C)(=O)=O)cc1C=CC(=O)c1ccccc1. The third kappa shape index (κ3) is 3.83. The van der Waals surface area contributed by atoms with Crippen molar-refractivity contribution in [2.24, 2.45) is 0 Å². The number of hydrogen-bond donors (Lipinski definition) is 0. The van der Waals surface area contributed by atoms with Gasteiger partial charge in [0.05, 0.1) is 12.0 Å². The monoisotopic (exact) mass is 316 g/mol. The van der Waals surface area contributed by atoms with Crippen molar-refractivity contribution in [1.29, 1.82) is 0 Å². The summed E-state index contributed by atoms with van der Waals surface area (Å²) in [5, 5.41) is 0. The first-order chi connectivity index (χ1) is 10.4. The highest BCUT2D eigenvalue weighted by Crippen LogP contribution is 2.24. The standard InChI is InChI=1S/C17H16O4S/c1-21-17-11-9-15(22(2,19)20)12-14(17)8-10-16(18)13-6-4-3-5-7-13/h3-12H,1-2H3. The minimum absolute atomic E-state index is 0.160. The van der Waals surface area contributed by atoms with Crippen LogP contribution in [0, 0.1) is 0 Å². The van der Waals surface area contributed by atoms with Gasteiger partial charge in [0.25, 0.3) is 0 Å². The van der Waals surface area contributed by atoms with Crippen molar-refractivity contribution in [3.05, 3.63) is 65.7 Å². The lowest BCUT2D eigenvalue weighted by Gasteiger charge is -2.06. The van der Waals surface area contributed by atoms with Crippen LogP contribution in [0.15, 0.2) is 59.5 Å². The molecule has 0 fully saturated rings. The van der Waals surface area contributed by atoms with Gasteiger partial charge in [-0.05, 0) is 30.4 Å². The average molecular weight is 316 g/mol. The predicted octanol–water partition coefficient (Wildman–Crippen LogP) is 2.99. The summed E-state index contributed by atoms with van der Waals surface area (Å²) in [5.74, 6) is 0.344. The van der Waals surface area contributed by atoms with Crippen molar-refractivity contribution in [3.8, 4) is 5.75 Å². The van der Waals surface area contributed by atoms with E-state index in [2.05, 4.69) is 0 Å². The van der Waals surface area contributed by atoms with E-state index < -0.39 is 9.84 Å². The van der Waals surface area contributed by atoms with Crippen LogP contribution in [0.1, 0.15) is 15.9 Å². The maximum Gasteiger partial charge on any atom is 0.185 e. The number of allylic oxidation sites excluding steroid dienone is 1. The zero-order valence-electron chi connectivity index (χ0n) is 12.3. The van der Waals surface area contributed by atoms with E-state index in [1.165, 1.54) is 25.3 Å². The molecule has 0 saturated carbocycles. The number of benzene rings is 2. The summed E-state index contributed by atoms with van der Waals surface area (Å²) >= 11 is 0. The van der Waals surface area contributed by atoms with Crippen LogP contribution in [0.5, 0.6) is 5.75 Å². The summed E-state index contributed by atoms with van der Waals surface area (Å²) in [5.41, 5.74) is 1.10. The third-order valence-electron chi connectivity index (χ3n) is 3.10. The summed E-state index contributed by atoms with van der Waals surface area (Å²) in [7, 11) is -1.82. The normalized spacial score (nSPS) is 11.5. The van der Waals surface area contributed by atoms with Gasteiger partial charge >= 0.3 is 0 Å². The fraction of sp³-hybridized carbons (Fsp3) is 0.118. The number of ether oxygens (including phenoxy) is 1. The molecular formula is C17H16O4S. The molecule has 0 aliphatic rings. The van der Waals surface area contributed by atoms with Crippen LogP contribution in [0.3, 0.4) is 0 Å². The van der Waals surface area contributed by atoms with Crippen molar-refractivity contribution < 1.29 is 17.9 Å². The smallest absolute Gasteiger partial charge is 0.185 e. The van der Waals surface area contributed by atoms with E-state index in [-0.39, 0.29) is 10.7 Å². The maximum absolute atomic E-state index is 12.1. The molecule has 0 radical (unpaired) electrons. The Bertz CT molecular complexity index is 806. The summed E-state index contributed by atoms with van der Waals surface area (Å²) in [4.78, 5) is 12.2. The first-order valence-corrected chi connectivity index (χ1v) is 8.46. The van der Waals surface area contributed by atoms with Gasteiger partial charge in [-0.1, -0.05) is 30.3 Å². The molecule has 4 nitrogen and oxygen atoms in total. The van der Waals surface area contributed by atoms with Crippen molar-refractivity contribution in [1.82, 2.24) is 0 Å². The molecule has 0 heterocycles. The number of carbonyl (C=O) groups excluding carboxylic acids is 1. The minimum atomic E-state index is -3.32. The topological polar surface area (TPSA) is 60.4 Å². The fourth-order valence-electron chi connectivity index (χ4n) is 1.94. The van der Waals surface area contributed by atoms with Crippen molar-refractivity contribution in [2.75, 3.05) is 13.4 Å². The highest BCUT2D eigenvalue weighted by molar-refractivity contribution is 7.90. The Morgan fingerprint density at radius 1 is 1.09 bits per heavy atom. The van der Waals surface area contributed by atoms with Crippen LogP contribution in [0.2, 0.25) is 0 Å². The Labute approximate surface area is 130 Å². The first-order valence-electron chi connectivity index (χ1n) is 6.57. The lowest BCUT2D eigenvalue weighted by Crippen LogP contribution is -1.99. The average Bonchev–Trinajstić information content (AvgIpc) is 2.52. The van der Waals surface area contributed by atoms with E-state index >= 15 is 0 Å². The summed E-state index contributed by atoms with van der Waals surface area (Å²) in [6, 6.07) is 13.4. The van der Waals surface area contributed by atoms with E-state index in [0.29, 0.717) is 16.9 Å². The molecule has 0 unspecified atom stereocenters. The van der Waals surface area contributed by atoms with Gasteiger partial charge in [0, 0.05) is 17.4 Å². The molecule has 0 saturated heterocycles. The number of carbonyl (C=O) groups is 1. The number of methoxy groups -OCH3 is 1. The molecule has 2 aromatic rings. The zero-order valence-corrected chi connectivity index (χ0v) is 13.1. The van der Waals surface area contributed by atoms with Gasteiger partial charge < -0.3 is 4.74 Å². The Morgan fingerprint density at radius 2 is 1.77 bits per heavy atom. The van der Waals surface area contributed by atoms with E-state index in [9.17, 15) is 13.2 Å². The number of rotatable bonds is 5. The Hall–Kier alpha value is -2.40. The minimum Gasteiger partial charge on any atom is -0.496 e. The lowest BCUT2D eigenvalue weighted by molar-refractivity contribution is 0.104. The Balaban J connectivity index is 2.35. The van der Waals surface area contributed by atoms with Crippen molar-refractivity contribution in [2.45, 2.75) is 4.90 Å². The molecule has 0 spiro atoms. The molecule has 2 rings (SSSR count). The molecule has 0 bridgehead atoms. The molecule has 22 heavy (non-hydrogen) atoms. The van der Waals surface area contributed by atoms with Gasteiger partial charge in [-0.25, -0.2) is 8.42 Å². The molecule has 0 aromatic heterocycles. The van der Waals surface area contributed by atoms with Crippen molar-refractivity contribution >= 4 is 21.7 Å². The molecule has 0 aliphatic carbocycles. The molecule has 0 amide bonds. The largest absolute Gasteiger partial charge is 0.496 e. The molecule has 0 atom stereocenters. The highest BCUT2D eigenvalue weighted by atomic mass is 32.2. The van der Waals surface area contributed by atoms with E-state index in [1.807, 2.05) is 6.07 Å². The number of hydrogen-bond acceptors (Lipinski definition) is 4. The summed E-state index contributed by atoms with van der Waals surface area (Å²) in [6.07, 6.45) is 4.10. The highest BCUT2D eigenvalue weighted by Gasteiger charge is 2.10. The molecule has 114 valence electrons. The van der Waals surface area contributed by atoms with Gasteiger partial charge in [-0.2, -0.15) is 0 Å². The third-order valence-corrected chi connectivity index (χ3v) is 4.21. The second-order valence-electron chi connectivity index (χ2n) is 4.74. The number of sulfone groups is 1. The molecule has 0 aliphatic heterocycles. The van der Waals surface area contributed by atoms with Crippen LogP contribution in [-0.4, -0.2) is 27.6 Å². The van der Waals surface area contributed by atoms with E-state index in [4.69, 9.17) is 4.74 Å². The second-order valence-corrected chi connectivity index (χ2v) is 6.76. The van der Waals surface area contributed by atoms with Gasteiger partial charge in [0.2, 0.25) is 0 Å². The van der Waals surface area contributed by atoms with Crippen LogP contribution in [0.4, 0.5) is 0 Å². The Kier molecular flexibility index (Phi) is 4.78. The summed E-state index contributed by atoms with van der Waals surface area (Å²) in [6.45, 7) is 0. The zero-order chi connectivity index (χ0) is 16.2. The summed E-state index contributed by atoms with van der Waals surface area (Å²) < 4.78 is 28.4. The molecule has 0 N–H and O–H groups in total. The predicted molar refractivity (Wildman–Crippen MR) is 85.9 cm³/mol. The number of ketones is 1. The van der Waals surface area contributed by atoms with Crippen LogP contribution in [-0.2, 0) is 9.84 Å². The quantitative estimate of drug-likeness (QED) is 0.628. The van der Waals surface area contributed by atoms with Crippen LogP contribution >= 0.6 is 0 Å². The molecular weight excluding hydrogens is 300 g/mol. The van der Waals surface area contributed by atoms with E-state index in [1.54, 1.807) is 36.4 Å². The van der Waals surface area contributed by atoms with Crippen LogP contribution < -0.4 is 4.74 Å².